The molecular weight excluding hydrogens is 291 g/mol. The molecule has 1 aromatic rings. The SMILES string of the molecule is COc1ccc(C)cc1C(=O)C(Br)CCCl. The smallest absolute Gasteiger partial charge is 0.180 e. The van der Waals surface area contributed by atoms with E-state index < -0.39 is 0 Å². The Morgan fingerprint density at radius 2 is 2.25 bits per heavy atom. The fourth-order valence-electron chi connectivity index (χ4n) is 1.41. The van der Waals surface area contributed by atoms with Crippen LogP contribution in [-0.2, 0) is 0 Å². The molecule has 1 aromatic carbocycles. The number of hydrogen-bond acceptors (Lipinski definition) is 2. The maximum Gasteiger partial charge on any atom is 0.180 e. The second-order valence-corrected chi connectivity index (χ2v) is 5.00. The van der Waals surface area contributed by atoms with Crippen molar-refractivity contribution < 1.29 is 9.53 Å². The highest BCUT2D eigenvalue weighted by molar-refractivity contribution is 9.10. The fraction of sp³-hybridized carbons (Fsp3) is 0.417. The molecule has 2 nitrogen and oxygen atoms in total. The molecule has 0 aliphatic carbocycles. The zero-order valence-corrected chi connectivity index (χ0v) is 11.6. The third-order valence-electron chi connectivity index (χ3n) is 2.27. The number of ether oxygens (including phenoxy) is 1. The van der Waals surface area contributed by atoms with Crippen molar-refractivity contribution in [2.45, 2.75) is 18.2 Å². The predicted octanol–water partition coefficient (Wildman–Crippen LogP) is 3.58. The number of ketones is 1. The van der Waals surface area contributed by atoms with Gasteiger partial charge in [-0.3, -0.25) is 4.79 Å². The van der Waals surface area contributed by atoms with Crippen LogP contribution in [0.4, 0.5) is 0 Å². The van der Waals surface area contributed by atoms with Crippen molar-refractivity contribution in [3.05, 3.63) is 29.3 Å². The van der Waals surface area contributed by atoms with E-state index >= 15 is 0 Å². The van der Waals surface area contributed by atoms with Crippen molar-refractivity contribution >= 4 is 33.3 Å². The van der Waals surface area contributed by atoms with Gasteiger partial charge in [0.15, 0.2) is 5.78 Å². The van der Waals surface area contributed by atoms with Gasteiger partial charge in [-0.1, -0.05) is 27.6 Å². The minimum atomic E-state index is -0.249. The van der Waals surface area contributed by atoms with Crippen LogP contribution >= 0.6 is 27.5 Å². The highest BCUT2D eigenvalue weighted by Gasteiger charge is 2.20. The molecule has 88 valence electrons. The van der Waals surface area contributed by atoms with E-state index in [1.54, 1.807) is 7.11 Å². The van der Waals surface area contributed by atoms with E-state index in [2.05, 4.69) is 15.9 Å². The monoisotopic (exact) mass is 304 g/mol. The van der Waals surface area contributed by atoms with Crippen molar-refractivity contribution in [1.29, 1.82) is 0 Å². The van der Waals surface area contributed by atoms with Gasteiger partial charge in [-0.15, -0.1) is 11.6 Å². The average Bonchev–Trinajstić information content (AvgIpc) is 2.28. The van der Waals surface area contributed by atoms with Gasteiger partial charge in [-0.05, 0) is 25.5 Å². The molecule has 0 bridgehead atoms. The third-order valence-corrected chi connectivity index (χ3v) is 3.36. The largest absolute Gasteiger partial charge is 0.496 e. The molecule has 1 unspecified atom stereocenters. The molecule has 0 spiro atoms. The van der Waals surface area contributed by atoms with Crippen LogP contribution in [0.2, 0.25) is 0 Å². The van der Waals surface area contributed by atoms with E-state index in [4.69, 9.17) is 16.3 Å². The second kappa shape index (κ2) is 6.26. The van der Waals surface area contributed by atoms with Crippen LogP contribution in [0.5, 0.6) is 5.75 Å². The minimum Gasteiger partial charge on any atom is -0.496 e. The first-order valence-electron chi connectivity index (χ1n) is 4.99. The van der Waals surface area contributed by atoms with Crippen LogP contribution in [0, 0.1) is 6.92 Å². The Balaban J connectivity index is 3.01. The Labute approximate surface area is 109 Å². The van der Waals surface area contributed by atoms with Crippen molar-refractivity contribution in [1.82, 2.24) is 0 Å². The topological polar surface area (TPSA) is 26.3 Å². The minimum absolute atomic E-state index is 0.0150. The summed E-state index contributed by atoms with van der Waals surface area (Å²) in [6.07, 6.45) is 0.609. The van der Waals surface area contributed by atoms with E-state index in [9.17, 15) is 4.79 Å². The van der Waals surface area contributed by atoms with Gasteiger partial charge in [-0.2, -0.15) is 0 Å². The lowest BCUT2D eigenvalue weighted by atomic mass is 10.0. The first-order valence-corrected chi connectivity index (χ1v) is 6.44. The van der Waals surface area contributed by atoms with E-state index in [0.717, 1.165) is 5.56 Å². The van der Waals surface area contributed by atoms with Gasteiger partial charge in [0.1, 0.15) is 5.75 Å². The standard InChI is InChI=1S/C12H14BrClO2/c1-8-3-4-11(16-2)9(7-8)12(15)10(13)5-6-14/h3-4,7,10H,5-6H2,1-2H3. The number of rotatable bonds is 5. The molecule has 16 heavy (non-hydrogen) atoms. The van der Waals surface area contributed by atoms with Crippen LogP contribution < -0.4 is 4.74 Å². The summed E-state index contributed by atoms with van der Waals surface area (Å²) in [5.74, 6) is 1.08. The quantitative estimate of drug-likeness (QED) is 0.614. The zero-order valence-electron chi connectivity index (χ0n) is 9.30. The molecule has 0 saturated carbocycles. The van der Waals surface area contributed by atoms with Gasteiger partial charge < -0.3 is 4.74 Å². The highest BCUT2D eigenvalue weighted by atomic mass is 79.9. The number of carbonyl (C=O) groups is 1. The summed E-state index contributed by atoms with van der Waals surface area (Å²) < 4.78 is 5.18. The fourth-order valence-corrected chi connectivity index (χ4v) is 2.37. The number of methoxy groups -OCH3 is 1. The predicted molar refractivity (Wildman–Crippen MR) is 70.1 cm³/mol. The van der Waals surface area contributed by atoms with Gasteiger partial charge in [0.25, 0.3) is 0 Å². The van der Waals surface area contributed by atoms with E-state index in [0.29, 0.717) is 23.6 Å². The summed E-state index contributed by atoms with van der Waals surface area (Å²) in [4.78, 5) is 11.8. The van der Waals surface area contributed by atoms with Crippen molar-refractivity contribution in [2.75, 3.05) is 13.0 Å². The van der Waals surface area contributed by atoms with Crippen LogP contribution in [0.25, 0.3) is 0 Å². The first kappa shape index (κ1) is 13.5. The number of hydrogen-bond donors (Lipinski definition) is 0. The van der Waals surface area contributed by atoms with E-state index in [1.807, 2.05) is 25.1 Å². The molecule has 0 radical (unpaired) electrons. The summed E-state index contributed by atoms with van der Waals surface area (Å²) in [7, 11) is 1.56. The van der Waals surface area contributed by atoms with Crippen LogP contribution in [0.3, 0.4) is 0 Å². The Bertz CT molecular complexity index is 379. The lowest BCUT2D eigenvalue weighted by molar-refractivity contribution is 0.0987. The van der Waals surface area contributed by atoms with E-state index in [1.165, 1.54) is 0 Å². The summed E-state index contributed by atoms with van der Waals surface area (Å²) >= 11 is 8.96. The lowest BCUT2D eigenvalue weighted by Gasteiger charge is -2.11. The van der Waals surface area contributed by atoms with Crippen LogP contribution in [0.15, 0.2) is 18.2 Å². The third kappa shape index (κ3) is 3.22. The van der Waals surface area contributed by atoms with Crippen molar-refractivity contribution in [2.24, 2.45) is 0 Å². The van der Waals surface area contributed by atoms with Crippen molar-refractivity contribution in [3.63, 3.8) is 0 Å². The average molecular weight is 306 g/mol. The number of alkyl halides is 2. The molecule has 1 rings (SSSR count). The molecule has 0 aliphatic heterocycles. The molecule has 0 amide bonds. The number of carbonyl (C=O) groups excluding carboxylic acids is 1. The second-order valence-electron chi connectivity index (χ2n) is 3.51. The number of Topliss-reactive ketones (excluding diaryl/α,β-unsaturated/α-hetero) is 1. The summed E-state index contributed by atoms with van der Waals surface area (Å²) in [5, 5.41) is 0. The molecule has 0 N–H and O–H groups in total. The molecular formula is C12H14BrClO2. The van der Waals surface area contributed by atoms with Gasteiger partial charge >= 0.3 is 0 Å². The van der Waals surface area contributed by atoms with Crippen LogP contribution in [0.1, 0.15) is 22.3 Å². The van der Waals surface area contributed by atoms with Gasteiger partial charge in [-0.25, -0.2) is 0 Å². The molecule has 0 heterocycles. The zero-order chi connectivity index (χ0) is 12.1. The molecule has 0 saturated heterocycles. The molecule has 1 atom stereocenters. The summed E-state index contributed by atoms with van der Waals surface area (Å²) in [5.41, 5.74) is 1.64. The van der Waals surface area contributed by atoms with Crippen LogP contribution in [-0.4, -0.2) is 23.6 Å². The Hall–Kier alpha value is -0.540. The summed E-state index contributed by atoms with van der Waals surface area (Å²) in [6, 6.07) is 5.56. The van der Waals surface area contributed by atoms with Gasteiger partial charge in [0, 0.05) is 5.88 Å². The molecule has 4 heteroatoms. The molecule has 0 aliphatic rings. The Kier molecular flexibility index (Phi) is 5.29. The Morgan fingerprint density at radius 1 is 1.56 bits per heavy atom. The van der Waals surface area contributed by atoms with Gasteiger partial charge in [0.2, 0.25) is 0 Å². The number of aryl methyl sites for hydroxylation is 1. The van der Waals surface area contributed by atoms with E-state index in [-0.39, 0.29) is 10.6 Å². The number of benzene rings is 1. The molecule has 0 aromatic heterocycles. The maximum atomic E-state index is 12.1. The lowest BCUT2D eigenvalue weighted by Crippen LogP contribution is -2.15. The first-order chi connectivity index (χ1) is 7.60. The molecule has 0 fully saturated rings. The Morgan fingerprint density at radius 3 is 2.81 bits per heavy atom. The van der Waals surface area contributed by atoms with Gasteiger partial charge in [0.05, 0.1) is 17.5 Å². The summed E-state index contributed by atoms with van der Waals surface area (Å²) in [6.45, 7) is 1.95. The highest BCUT2D eigenvalue weighted by Crippen LogP contribution is 2.24. The number of halogens is 2. The van der Waals surface area contributed by atoms with Crippen molar-refractivity contribution in [3.8, 4) is 5.75 Å². The maximum absolute atomic E-state index is 12.1. The normalized spacial score (nSPS) is 12.2.